The first kappa shape index (κ1) is 28.6. The summed E-state index contributed by atoms with van der Waals surface area (Å²) >= 11 is 2.28. The first-order valence-electron chi connectivity index (χ1n) is 12.4. The highest BCUT2D eigenvalue weighted by Gasteiger charge is 2.33. The molecule has 2 aliphatic rings. The molecular weight excluding hydrogens is 585 g/mol. The van der Waals surface area contributed by atoms with Gasteiger partial charge >= 0.3 is 5.97 Å². The van der Waals surface area contributed by atoms with Gasteiger partial charge in [-0.15, -0.1) is 0 Å². The Kier molecular flexibility index (Phi) is 10.5. The minimum absolute atomic E-state index is 0.00193. The Morgan fingerprint density at radius 1 is 1.19 bits per heavy atom. The van der Waals surface area contributed by atoms with Crippen molar-refractivity contribution < 1.29 is 23.5 Å². The van der Waals surface area contributed by atoms with E-state index in [0.29, 0.717) is 31.8 Å². The maximum absolute atomic E-state index is 13.2. The number of carbonyl (C=O) groups excluding carboxylic acids is 3. The maximum atomic E-state index is 13.2. The lowest BCUT2D eigenvalue weighted by Crippen LogP contribution is -2.36. The summed E-state index contributed by atoms with van der Waals surface area (Å²) < 4.78 is 11.5. The number of oxazole rings is 1. The summed E-state index contributed by atoms with van der Waals surface area (Å²) in [6.45, 7) is 8.54. The van der Waals surface area contributed by atoms with Crippen LogP contribution in [0, 0.1) is 11.8 Å². The van der Waals surface area contributed by atoms with Crippen molar-refractivity contribution in [2.45, 2.75) is 50.6 Å². The Hall–Kier alpha value is -2.95. The van der Waals surface area contributed by atoms with E-state index in [1.165, 1.54) is 17.2 Å². The van der Waals surface area contributed by atoms with Crippen molar-refractivity contribution in [3.63, 3.8) is 0 Å². The number of ether oxygens (including phenoxy) is 1. The third kappa shape index (κ3) is 8.28. The molecule has 8 nitrogen and oxygen atoms in total. The van der Waals surface area contributed by atoms with E-state index in [2.05, 4.69) is 32.9 Å². The van der Waals surface area contributed by atoms with E-state index in [4.69, 9.17) is 9.15 Å². The number of halogens is 1. The van der Waals surface area contributed by atoms with Gasteiger partial charge in [-0.3, -0.25) is 9.59 Å². The molecule has 0 fully saturated rings. The van der Waals surface area contributed by atoms with Crippen LogP contribution >= 0.6 is 22.6 Å². The molecule has 0 saturated heterocycles. The summed E-state index contributed by atoms with van der Waals surface area (Å²) in [6.07, 6.45) is 16.6. The number of hydrogen-bond donors (Lipinski definition) is 1. The van der Waals surface area contributed by atoms with E-state index in [9.17, 15) is 14.4 Å². The number of rotatable bonds is 1. The number of cyclic esters (lactones) is 1. The summed E-state index contributed by atoms with van der Waals surface area (Å²) in [5.41, 5.74) is 1.40. The van der Waals surface area contributed by atoms with Gasteiger partial charge in [-0.2, -0.15) is 0 Å². The molecule has 0 radical (unpaired) electrons. The zero-order chi connectivity index (χ0) is 26.9. The third-order valence-corrected chi connectivity index (χ3v) is 6.86. The number of amides is 2. The van der Waals surface area contributed by atoms with E-state index < -0.39 is 18.0 Å². The van der Waals surface area contributed by atoms with Crippen LogP contribution in [0.4, 0.5) is 0 Å². The molecule has 37 heavy (non-hydrogen) atoms. The van der Waals surface area contributed by atoms with Crippen molar-refractivity contribution in [2.24, 2.45) is 11.8 Å². The Morgan fingerprint density at radius 2 is 1.97 bits per heavy atom. The van der Waals surface area contributed by atoms with E-state index in [1.54, 1.807) is 12.2 Å². The number of alkyl halides is 1. The quantitative estimate of drug-likeness (QED) is 0.278. The zero-order valence-electron chi connectivity index (χ0n) is 21.6. The van der Waals surface area contributed by atoms with Crippen LogP contribution in [0.25, 0.3) is 0 Å². The fourth-order valence-corrected chi connectivity index (χ4v) is 4.69. The van der Waals surface area contributed by atoms with Crippen molar-refractivity contribution in [3.05, 3.63) is 77.7 Å². The van der Waals surface area contributed by atoms with Crippen LogP contribution in [-0.2, 0) is 20.7 Å². The van der Waals surface area contributed by atoms with Gasteiger partial charge in [-0.05, 0) is 25.3 Å². The van der Waals surface area contributed by atoms with Crippen LogP contribution < -0.4 is 5.32 Å². The van der Waals surface area contributed by atoms with Crippen molar-refractivity contribution in [1.29, 1.82) is 0 Å². The van der Waals surface area contributed by atoms with Gasteiger partial charge in [0.25, 0.3) is 5.91 Å². The van der Waals surface area contributed by atoms with Crippen LogP contribution in [0.15, 0.2) is 70.6 Å². The van der Waals surface area contributed by atoms with E-state index >= 15 is 0 Å². The van der Waals surface area contributed by atoms with Gasteiger partial charge in [-0.25, -0.2) is 9.78 Å². The fourth-order valence-electron chi connectivity index (χ4n) is 4.07. The standard InChI is InChI=1S/C28H34IN3O5/c1-18(2)26-20(4)12-13-24(33)30-14-6-9-19(3)8-5-10-21(29)16-25-31-22(17-36-25)27(34)32-15-7-11-23(32)28(35)37-26/h5-6,8-13,17-18,20-21,26H,7,14-16H2,1-4H3,(H,30,33)/b9-6+,10-5+,13-12+,19-8+/t20-,21+,26-/m1/s1. The zero-order valence-corrected chi connectivity index (χ0v) is 23.8. The van der Waals surface area contributed by atoms with Gasteiger partial charge in [0, 0.05) is 29.4 Å². The molecule has 2 bridgehead atoms. The van der Waals surface area contributed by atoms with Crippen LogP contribution in [0.3, 0.4) is 0 Å². The molecule has 3 heterocycles. The average Bonchev–Trinajstić information content (AvgIpc) is 3.52. The molecule has 1 N–H and O–H groups in total. The minimum Gasteiger partial charge on any atom is -0.457 e. The van der Waals surface area contributed by atoms with Gasteiger partial charge in [0.15, 0.2) is 11.6 Å². The summed E-state index contributed by atoms with van der Waals surface area (Å²) in [5.74, 6) is -0.949. The normalized spacial score (nSPS) is 28.4. The Bertz CT molecular complexity index is 1140. The summed E-state index contributed by atoms with van der Waals surface area (Å²) in [7, 11) is 0. The monoisotopic (exact) mass is 619 g/mol. The van der Waals surface area contributed by atoms with Crippen molar-refractivity contribution >= 4 is 40.4 Å². The maximum Gasteiger partial charge on any atom is 0.355 e. The smallest absolute Gasteiger partial charge is 0.355 e. The number of nitrogens with zero attached hydrogens (tertiary/aromatic N) is 2. The minimum atomic E-state index is -0.568. The molecule has 0 unspecified atom stereocenters. The Labute approximate surface area is 231 Å². The van der Waals surface area contributed by atoms with Crippen molar-refractivity contribution in [3.8, 4) is 0 Å². The van der Waals surface area contributed by atoms with Crippen LogP contribution in [0.5, 0.6) is 0 Å². The number of nitrogens with one attached hydrogen (secondary N) is 1. The third-order valence-electron chi connectivity index (χ3n) is 6.00. The molecule has 0 aromatic carbocycles. The molecule has 2 aliphatic heterocycles. The molecule has 9 heteroatoms. The highest BCUT2D eigenvalue weighted by atomic mass is 127. The molecule has 1 aromatic heterocycles. The largest absolute Gasteiger partial charge is 0.457 e. The lowest BCUT2D eigenvalue weighted by Gasteiger charge is -2.27. The molecule has 0 aliphatic carbocycles. The second-order valence-electron chi connectivity index (χ2n) is 9.46. The van der Waals surface area contributed by atoms with Gasteiger partial charge in [0.1, 0.15) is 18.1 Å². The number of allylic oxidation sites excluding steroid dienone is 5. The van der Waals surface area contributed by atoms with E-state index in [1.807, 2.05) is 58.1 Å². The molecular formula is C28H34IN3O5. The van der Waals surface area contributed by atoms with E-state index in [0.717, 1.165) is 5.57 Å². The van der Waals surface area contributed by atoms with Crippen molar-refractivity contribution in [2.75, 3.05) is 13.1 Å². The molecule has 0 saturated carbocycles. The second kappa shape index (κ2) is 13.6. The molecule has 198 valence electrons. The molecule has 3 rings (SSSR count). The van der Waals surface area contributed by atoms with Gasteiger partial charge < -0.3 is 19.4 Å². The van der Waals surface area contributed by atoms with Crippen LogP contribution in [0.2, 0.25) is 0 Å². The molecule has 0 spiro atoms. The van der Waals surface area contributed by atoms with E-state index in [-0.39, 0.29) is 33.1 Å². The van der Waals surface area contributed by atoms with Crippen molar-refractivity contribution in [1.82, 2.24) is 15.2 Å². The summed E-state index contributed by atoms with van der Waals surface area (Å²) in [5, 5.41) is 2.83. The second-order valence-corrected chi connectivity index (χ2v) is 11.1. The highest BCUT2D eigenvalue weighted by molar-refractivity contribution is 14.1. The molecule has 1 aromatic rings. The van der Waals surface area contributed by atoms with Crippen LogP contribution in [-0.4, -0.2) is 50.8 Å². The topological polar surface area (TPSA) is 102 Å². The Balaban J connectivity index is 1.87. The predicted octanol–water partition coefficient (Wildman–Crippen LogP) is 4.70. The number of esters is 1. The SMILES string of the molecule is CC1=C\C=C\[C@H](I)Cc2nc(co2)C(=O)N2CCC=C2C(=O)O[C@H](C(C)C)[C@H](C)/C=C/C(=O)NC\C=C\1. The number of hydrogen-bond acceptors (Lipinski definition) is 6. The predicted molar refractivity (Wildman–Crippen MR) is 150 cm³/mol. The summed E-state index contributed by atoms with van der Waals surface area (Å²) in [6, 6.07) is 0. The Morgan fingerprint density at radius 3 is 2.73 bits per heavy atom. The highest BCUT2D eigenvalue weighted by Crippen LogP contribution is 2.24. The summed E-state index contributed by atoms with van der Waals surface area (Å²) in [4.78, 5) is 44.3. The number of fused-ring (bicyclic) bond motifs is 3. The first-order valence-corrected chi connectivity index (χ1v) is 13.7. The van der Waals surface area contributed by atoms with Crippen LogP contribution in [0.1, 0.15) is 50.5 Å². The number of aromatic nitrogens is 1. The molecule has 2 amide bonds. The fraction of sp³-hybridized carbons (Fsp3) is 0.429. The van der Waals surface area contributed by atoms with Gasteiger partial charge in [0.2, 0.25) is 5.91 Å². The average molecular weight is 620 g/mol. The van der Waals surface area contributed by atoms with Gasteiger partial charge in [0.05, 0.1) is 0 Å². The number of carbonyl (C=O) groups is 3. The van der Waals surface area contributed by atoms with Gasteiger partial charge in [-0.1, -0.05) is 91.5 Å². The molecule has 3 atom stereocenters. The first-order chi connectivity index (χ1) is 17.7. The lowest BCUT2D eigenvalue weighted by molar-refractivity contribution is -0.149. The lowest BCUT2D eigenvalue weighted by atomic mass is 9.94.